The summed E-state index contributed by atoms with van der Waals surface area (Å²) in [6.45, 7) is 10.3. The number of piperidine rings is 1. The third-order valence-electron chi connectivity index (χ3n) is 7.65. The van der Waals surface area contributed by atoms with Crippen LogP contribution in [0.5, 0.6) is 0 Å². The molecule has 1 aliphatic heterocycles. The number of allylic oxidation sites excluding steroid dienone is 5. The van der Waals surface area contributed by atoms with Crippen LogP contribution in [0.4, 0.5) is 11.6 Å². The molecule has 0 amide bonds. The molecule has 1 fully saturated rings. The molecule has 1 N–H and O–H groups in total. The van der Waals surface area contributed by atoms with E-state index in [1.54, 1.807) is 36.3 Å². The summed E-state index contributed by atoms with van der Waals surface area (Å²) < 4.78 is 1.59. The van der Waals surface area contributed by atoms with Crippen molar-refractivity contribution in [3.8, 4) is 0 Å². The van der Waals surface area contributed by atoms with Crippen molar-refractivity contribution >= 4 is 33.8 Å². The molecule has 0 unspecified atom stereocenters. The lowest BCUT2D eigenvalue weighted by Gasteiger charge is -2.29. The van der Waals surface area contributed by atoms with Crippen LogP contribution in [0.15, 0.2) is 90.2 Å². The van der Waals surface area contributed by atoms with Crippen LogP contribution in [-0.4, -0.2) is 44.6 Å². The van der Waals surface area contributed by atoms with Crippen LogP contribution in [0.3, 0.4) is 0 Å². The van der Waals surface area contributed by atoms with Crippen molar-refractivity contribution in [2.24, 2.45) is 7.05 Å². The van der Waals surface area contributed by atoms with Gasteiger partial charge in [0, 0.05) is 42.3 Å². The molecule has 1 aromatic carbocycles. The van der Waals surface area contributed by atoms with E-state index >= 15 is 0 Å². The normalized spacial score (nSPS) is 14.8. The van der Waals surface area contributed by atoms with E-state index < -0.39 is 0 Å². The van der Waals surface area contributed by atoms with Gasteiger partial charge in [0.05, 0.1) is 0 Å². The molecule has 0 atom stereocenters. The van der Waals surface area contributed by atoms with Crippen LogP contribution in [0.2, 0.25) is 0 Å². The van der Waals surface area contributed by atoms with Gasteiger partial charge in [-0.25, -0.2) is 4.98 Å². The first-order valence-corrected chi connectivity index (χ1v) is 13.7. The topological polar surface area (TPSA) is 75.9 Å². The molecule has 204 valence electrons. The van der Waals surface area contributed by atoms with E-state index in [0.29, 0.717) is 23.1 Å². The average molecular weight is 533 g/mol. The van der Waals surface area contributed by atoms with Gasteiger partial charge in [-0.1, -0.05) is 36.4 Å². The third kappa shape index (κ3) is 5.80. The largest absolute Gasteiger partial charge is 0.324 e. The van der Waals surface area contributed by atoms with Crippen molar-refractivity contribution in [2.75, 3.05) is 25.5 Å². The molecule has 1 aliphatic rings. The van der Waals surface area contributed by atoms with Gasteiger partial charge in [-0.2, -0.15) is 4.98 Å². The summed E-state index contributed by atoms with van der Waals surface area (Å²) >= 11 is 0. The minimum absolute atomic E-state index is 0.123. The van der Waals surface area contributed by atoms with Crippen LogP contribution in [0.1, 0.15) is 49.3 Å². The first-order valence-electron chi connectivity index (χ1n) is 13.7. The molecule has 0 bridgehead atoms. The molecule has 3 aromatic heterocycles. The van der Waals surface area contributed by atoms with Gasteiger partial charge in [0.2, 0.25) is 5.95 Å². The Balaban J connectivity index is 1.43. The number of nitrogens with zero attached hydrogens (tertiary/aromatic N) is 5. The molecule has 0 saturated carbocycles. The number of likely N-dealkylation sites (tertiary alicyclic amines) is 1. The number of benzene rings is 1. The zero-order valence-electron chi connectivity index (χ0n) is 23.7. The fraction of sp³-hybridized carbons (Fsp3) is 0.273. The Hall–Kier alpha value is -4.36. The summed E-state index contributed by atoms with van der Waals surface area (Å²) in [7, 11) is 3.94. The quantitative estimate of drug-likeness (QED) is 0.280. The Labute approximate surface area is 235 Å². The third-order valence-corrected chi connectivity index (χ3v) is 7.65. The second-order valence-corrected chi connectivity index (χ2v) is 10.7. The van der Waals surface area contributed by atoms with Crippen molar-refractivity contribution in [2.45, 2.75) is 32.6 Å². The van der Waals surface area contributed by atoms with Crippen LogP contribution in [0.25, 0.3) is 22.2 Å². The molecule has 5 rings (SSSR count). The zero-order chi connectivity index (χ0) is 28.2. The number of hydrogen-bond donors (Lipinski definition) is 1. The minimum atomic E-state index is -0.123. The maximum absolute atomic E-state index is 13.6. The summed E-state index contributed by atoms with van der Waals surface area (Å²) in [5, 5.41) is 4.09. The minimum Gasteiger partial charge on any atom is -0.324 e. The highest BCUT2D eigenvalue weighted by atomic mass is 16.1. The summed E-state index contributed by atoms with van der Waals surface area (Å²) in [5.74, 6) is 1.06. The fourth-order valence-electron chi connectivity index (χ4n) is 5.25. The van der Waals surface area contributed by atoms with Gasteiger partial charge in [-0.05, 0) is 105 Å². The lowest BCUT2D eigenvalue weighted by atomic mass is 9.89. The molecular weight excluding hydrogens is 496 g/mol. The SMILES string of the molecule is C=C/C(=C\C(=C(C)C)c1cc2cnc(Nc3ccc(C4CCN(C)CC4)cc3)nc2n(C)c1=O)c1cccnc1. The van der Waals surface area contributed by atoms with E-state index in [0.717, 1.165) is 46.4 Å². The second-order valence-electron chi connectivity index (χ2n) is 10.7. The molecule has 0 aliphatic carbocycles. The molecule has 0 spiro atoms. The zero-order valence-corrected chi connectivity index (χ0v) is 23.7. The number of anilines is 2. The maximum Gasteiger partial charge on any atom is 0.259 e. The van der Waals surface area contributed by atoms with Crippen LogP contribution in [-0.2, 0) is 7.05 Å². The van der Waals surface area contributed by atoms with Gasteiger partial charge in [0.25, 0.3) is 5.56 Å². The first-order chi connectivity index (χ1) is 19.3. The van der Waals surface area contributed by atoms with Gasteiger partial charge in [-0.15, -0.1) is 0 Å². The van der Waals surface area contributed by atoms with E-state index in [9.17, 15) is 4.79 Å². The smallest absolute Gasteiger partial charge is 0.259 e. The molecule has 0 radical (unpaired) electrons. The van der Waals surface area contributed by atoms with Gasteiger partial charge in [-0.3, -0.25) is 14.3 Å². The van der Waals surface area contributed by atoms with E-state index in [1.165, 1.54) is 18.4 Å². The first kappa shape index (κ1) is 27.2. The Morgan fingerprint density at radius 3 is 2.48 bits per heavy atom. The van der Waals surface area contributed by atoms with Crippen molar-refractivity contribution in [1.82, 2.24) is 24.4 Å². The van der Waals surface area contributed by atoms with Crippen molar-refractivity contribution in [3.63, 3.8) is 0 Å². The van der Waals surface area contributed by atoms with Gasteiger partial charge in [0.15, 0.2) is 0 Å². The highest BCUT2D eigenvalue weighted by Crippen LogP contribution is 2.29. The van der Waals surface area contributed by atoms with Crippen LogP contribution >= 0.6 is 0 Å². The molecule has 4 heterocycles. The van der Waals surface area contributed by atoms with Gasteiger partial charge < -0.3 is 10.2 Å². The summed E-state index contributed by atoms with van der Waals surface area (Å²) in [5.41, 5.74) is 7.02. The Bertz CT molecular complexity index is 1640. The predicted molar refractivity (Wildman–Crippen MR) is 165 cm³/mol. The van der Waals surface area contributed by atoms with Crippen molar-refractivity contribution in [1.29, 1.82) is 0 Å². The second kappa shape index (κ2) is 11.8. The van der Waals surface area contributed by atoms with Crippen molar-refractivity contribution < 1.29 is 0 Å². The fourth-order valence-corrected chi connectivity index (χ4v) is 5.25. The molecule has 7 nitrogen and oxygen atoms in total. The Morgan fingerprint density at radius 2 is 1.82 bits per heavy atom. The van der Waals surface area contributed by atoms with Crippen molar-refractivity contribution in [3.05, 3.63) is 112 Å². The van der Waals surface area contributed by atoms with Gasteiger partial charge >= 0.3 is 0 Å². The van der Waals surface area contributed by atoms with Crippen LogP contribution in [0, 0.1) is 0 Å². The van der Waals surface area contributed by atoms with E-state index in [1.807, 2.05) is 38.1 Å². The number of rotatable bonds is 7. The lowest BCUT2D eigenvalue weighted by molar-refractivity contribution is 0.255. The number of fused-ring (bicyclic) bond motifs is 1. The Kier molecular flexibility index (Phi) is 8.03. The molecule has 4 aromatic rings. The maximum atomic E-state index is 13.6. The standard InChI is InChI=1S/C33H36N6O/c1-6-23(26-8-7-15-34-20-26)18-29(22(2)3)30-19-27-21-35-33(37-31(27)39(5)32(30)40)36-28-11-9-24(10-12-28)25-13-16-38(4)17-14-25/h6-12,15,18-21,25H,1,13-14,16-17H2,2-5H3,(H,35,36,37)/b23-18+. The van der Waals surface area contributed by atoms with Crippen LogP contribution < -0.4 is 10.9 Å². The monoisotopic (exact) mass is 532 g/mol. The highest BCUT2D eigenvalue weighted by Gasteiger charge is 2.18. The number of nitrogens with one attached hydrogen (secondary N) is 1. The van der Waals surface area contributed by atoms with E-state index in [4.69, 9.17) is 4.98 Å². The number of pyridine rings is 2. The predicted octanol–water partition coefficient (Wildman–Crippen LogP) is 6.34. The average Bonchev–Trinajstić information content (AvgIpc) is 2.97. The van der Waals surface area contributed by atoms with Gasteiger partial charge in [0.1, 0.15) is 5.65 Å². The summed E-state index contributed by atoms with van der Waals surface area (Å²) in [6.07, 6.45) is 11.5. The number of aryl methyl sites for hydroxylation is 1. The molecule has 1 saturated heterocycles. The highest BCUT2D eigenvalue weighted by molar-refractivity contribution is 5.90. The summed E-state index contributed by atoms with van der Waals surface area (Å²) in [4.78, 5) is 29.5. The number of hydrogen-bond acceptors (Lipinski definition) is 6. The Morgan fingerprint density at radius 1 is 1.07 bits per heavy atom. The number of aromatic nitrogens is 4. The molecule has 7 heteroatoms. The van der Waals surface area contributed by atoms with E-state index in [2.05, 4.69) is 58.1 Å². The van der Waals surface area contributed by atoms with E-state index in [-0.39, 0.29) is 5.56 Å². The summed E-state index contributed by atoms with van der Waals surface area (Å²) in [6, 6.07) is 14.3. The molecular formula is C33H36N6O. The molecule has 40 heavy (non-hydrogen) atoms. The lowest BCUT2D eigenvalue weighted by Crippen LogP contribution is -2.29.